The molecule has 0 bridgehead atoms. The Kier molecular flexibility index (Phi) is 10.2. The lowest BCUT2D eigenvalue weighted by Gasteiger charge is -2.07. The van der Waals surface area contributed by atoms with Crippen molar-refractivity contribution >= 4 is 0 Å². The second-order valence-electron chi connectivity index (χ2n) is 4.33. The molecule has 2 rings (SSSR count). The minimum absolute atomic E-state index is 0.210. The highest BCUT2D eigenvalue weighted by atomic mass is 16.5. The Morgan fingerprint density at radius 1 is 1.11 bits per heavy atom. The molecule has 1 heterocycles. The van der Waals surface area contributed by atoms with Gasteiger partial charge in [0.2, 0.25) is 0 Å². The van der Waals surface area contributed by atoms with Gasteiger partial charge < -0.3 is 18.9 Å². The Morgan fingerprint density at radius 3 is 2.21 bits per heavy atom. The summed E-state index contributed by atoms with van der Waals surface area (Å²) in [7, 11) is 8.21. The zero-order valence-corrected chi connectivity index (χ0v) is 12.9. The molecule has 4 heteroatoms. The van der Waals surface area contributed by atoms with E-state index in [-0.39, 0.29) is 6.10 Å². The molecule has 1 aromatic carbocycles. The third-order valence-corrected chi connectivity index (χ3v) is 2.31. The van der Waals surface area contributed by atoms with Crippen LogP contribution in [-0.2, 0) is 20.6 Å². The third kappa shape index (κ3) is 7.15. The molecule has 0 aliphatic carbocycles. The van der Waals surface area contributed by atoms with E-state index in [1.54, 1.807) is 35.5 Å². The highest BCUT2D eigenvalue weighted by Gasteiger charge is 2.22. The van der Waals surface area contributed by atoms with Crippen LogP contribution < -0.4 is 4.74 Å². The Hall–Kier alpha value is -1.10. The van der Waals surface area contributed by atoms with Crippen molar-refractivity contribution in [1.82, 2.24) is 0 Å². The smallest absolute Gasteiger partial charge is 0.126 e. The number of fused-ring (bicyclic) bond motifs is 1. The van der Waals surface area contributed by atoms with Gasteiger partial charge in [-0.3, -0.25) is 0 Å². The molecule has 0 aromatic heterocycles. The number of methoxy groups -OCH3 is 3. The molecule has 0 saturated heterocycles. The SMILES string of the molecule is COC.COC.COC[C@H]1Cc2cc(C)ccc2O1. The van der Waals surface area contributed by atoms with Crippen LogP contribution in [0.3, 0.4) is 0 Å². The first-order valence-electron chi connectivity index (χ1n) is 6.18. The van der Waals surface area contributed by atoms with Gasteiger partial charge >= 0.3 is 0 Å². The molecule has 1 atom stereocenters. The van der Waals surface area contributed by atoms with Crippen molar-refractivity contribution in [3.8, 4) is 5.75 Å². The molecule has 0 amide bonds. The molecule has 0 spiro atoms. The molecule has 19 heavy (non-hydrogen) atoms. The first-order valence-corrected chi connectivity index (χ1v) is 6.18. The van der Waals surface area contributed by atoms with Crippen LogP contribution in [-0.4, -0.2) is 48.3 Å². The molecule has 0 saturated carbocycles. The van der Waals surface area contributed by atoms with E-state index in [0.29, 0.717) is 6.61 Å². The largest absolute Gasteiger partial charge is 0.487 e. The molecule has 0 fully saturated rings. The van der Waals surface area contributed by atoms with E-state index in [2.05, 4.69) is 28.5 Å². The lowest BCUT2D eigenvalue weighted by Crippen LogP contribution is -2.19. The van der Waals surface area contributed by atoms with Gasteiger partial charge in [-0.1, -0.05) is 17.7 Å². The van der Waals surface area contributed by atoms with Gasteiger partial charge in [-0.15, -0.1) is 0 Å². The Bertz CT molecular complexity index is 337. The first kappa shape index (κ1) is 17.9. The third-order valence-electron chi connectivity index (χ3n) is 2.31. The molecule has 0 N–H and O–H groups in total. The van der Waals surface area contributed by atoms with Crippen molar-refractivity contribution in [2.75, 3.05) is 42.2 Å². The number of benzene rings is 1. The van der Waals surface area contributed by atoms with E-state index < -0.39 is 0 Å². The van der Waals surface area contributed by atoms with Crippen LogP contribution in [0.2, 0.25) is 0 Å². The summed E-state index contributed by atoms with van der Waals surface area (Å²) in [5.41, 5.74) is 2.60. The van der Waals surface area contributed by atoms with Gasteiger partial charge in [-0.2, -0.15) is 0 Å². The van der Waals surface area contributed by atoms with E-state index >= 15 is 0 Å². The Morgan fingerprint density at radius 2 is 1.68 bits per heavy atom. The Balaban J connectivity index is 0.000000465. The number of rotatable bonds is 2. The number of aryl methyl sites for hydroxylation is 1. The molecule has 1 aliphatic rings. The van der Waals surface area contributed by atoms with Gasteiger partial charge in [0, 0.05) is 42.0 Å². The standard InChI is InChI=1S/C11H14O2.2C2H6O/c1-8-3-4-11-9(5-8)6-10(13-11)7-12-2;2*1-3-2/h3-5,10H,6-7H2,1-2H3;2*1-2H3/t10-;;/m1../s1. The minimum atomic E-state index is 0.210. The summed E-state index contributed by atoms with van der Waals surface area (Å²) >= 11 is 0. The van der Waals surface area contributed by atoms with Crippen molar-refractivity contribution < 1.29 is 18.9 Å². The maximum absolute atomic E-state index is 5.68. The first-order chi connectivity index (χ1) is 9.12. The number of hydrogen-bond acceptors (Lipinski definition) is 4. The van der Waals surface area contributed by atoms with Crippen molar-refractivity contribution in [2.45, 2.75) is 19.4 Å². The van der Waals surface area contributed by atoms with Gasteiger partial charge in [0.1, 0.15) is 11.9 Å². The molecular weight excluding hydrogens is 244 g/mol. The van der Waals surface area contributed by atoms with Crippen LogP contribution in [0.5, 0.6) is 5.75 Å². The van der Waals surface area contributed by atoms with E-state index in [1.165, 1.54) is 11.1 Å². The monoisotopic (exact) mass is 270 g/mol. The summed E-state index contributed by atoms with van der Waals surface area (Å²) < 4.78 is 19.2. The van der Waals surface area contributed by atoms with Gasteiger partial charge in [-0.25, -0.2) is 0 Å². The van der Waals surface area contributed by atoms with E-state index in [4.69, 9.17) is 9.47 Å². The van der Waals surface area contributed by atoms with Crippen LogP contribution in [0.15, 0.2) is 18.2 Å². The lowest BCUT2D eigenvalue weighted by atomic mass is 10.1. The van der Waals surface area contributed by atoms with Crippen molar-refractivity contribution in [3.05, 3.63) is 29.3 Å². The van der Waals surface area contributed by atoms with Gasteiger partial charge in [-0.05, 0) is 18.6 Å². The van der Waals surface area contributed by atoms with Gasteiger partial charge in [0.15, 0.2) is 0 Å². The fourth-order valence-corrected chi connectivity index (χ4v) is 1.73. The topological polar surface area (TPSA) is 36.9 Å². The van der Waals surface area contributed by atoms with E-state index in [9.17, 15) is 0 Å². The summed E-state index contributed by atoms with van der Waals surface area (Å²) in [5, 5.41) is 0. The van der Waals surface area contributed by atoms with Crippen LogP contribution in [0.25, 0.3) is 0 Å². The second-order valence-corrected chi connectivity index (χ2v) is 4.33. The highest BCUT2D eigenvalue weighted by molar-refractivity contribution is 5.40. The fraction of sp³-hybridized carbons (Fsp3) is 0.600. The number of hydrogen-bond donors (Lipinski definition) is 0. The summed E-state index contributed by atoms with van der Waals surface area (Å²) in [4.78, 5) is 0. The van der Waals surface area contributed by atoms with E-state index in [0.717, 1.165) is 12.2 Å². The van der Waals surface area contributed by atoms with Crippen LogP contribution in [0.1, 0.15) is 11.1 Å². The Labute approximate surface area is 116 Å². The fourth-order valence-electron chi connectivity index (χ4n) is 1.73. The number of ether oxygens (including phenoxy) is 4. The second kappa shape index (κ2) is 10.8. The molecule has 0 radical (unpaired) electrons. The molecule has 1 aliphatic heterocycles. The zero-order valence-electron chi connectivity index (χ0n) is 12.9. The molecule has 1 aromatic rings. The lowest BCUT2D eigenvalue weighted by molar-refractivity contribution is 0.0951. The quantitative estimate of drug-likeness (QED) is 0.827. The normalized spacial score (nSPS) is 15.4. The van der Waals surface area contributed by atoms with Crippen LogP contribution in [0.4, 0.5) is 0 Å². The van der Waals surface area contributed by atoms with Crippen molar-refractivity contribution in [2.24, 2.45) is 0 Å². The summed E-state index contributed by atoms with van der Waals surface area (Å²) in [6.45, 7) is 2.78. The molecule has 0 unspecified atom stereocenters. The zero-order chi connectivity index (χ0) is 14.7. The van der Waals surface area contributed by atoms with Crippen LogP contribution >= 0.6 is 0 Å². The maximum atomic E-state index is 5.68. The summed E-state index contributed by atoms with van der Waals surface area (Å²) in [5.74, 6) is 1.02. The molecule has 4 nitrogen and oxygen atoms in total. The molecule has 110 valence electrons. The predicted octanol–water partition coefficient (Wildman–Crippen LogP) is 2.47. The molecular formula is C15H26O4. The maximum Gasteiger partial charge on any atom is 0.126 e. The van der Waals surface area contributed by atoms with Crippen LogP contribution in [0, 0.1) is 6.92 Å². The predicted molar refractivity (Wildman–Crippen MR) is 77.0 cm³/mol. The average Bonchev–Trinajstić information content (AvgIpc) is 2.73. The van der Waals surface area contributed by atoms with Gasteiger partial charge in [0.25, 0.3) is 0 Å². The minimum Gasteiger partial charge on any atom is -0.487 e. The summed E-state index contributed by atoms with van der Waals surface area (Å²) in [6, 6.07) is 6.30. The van der Waals surface area contributed by atoms with Crippen molar-refractivity contribution in [1.29, 1.82) is 0 Å². The summed E-state index contributed by atoms with van der Waals surface area (Å²) in [6.07, 6.45) is 1.19. The van der Waals surface area contributed by atoms with Gasteiger partial charge in [0.05, 0.1) is 6.61 Å². The average molecular weight is 270 g/mol. The van der Waals surface area contributed by atoms with E-state index in [1.807, 2.05) is 6.07 Å². The highest BCUT2D eigenvalue weighted by Crippen LogP contribution is 2.29. The van der Waals surface area contributed by atoms with Crippen molar-refractivity contribution in [3.63, 3.8) is 0 Å².